The standard InChI is InChI=1S/C72H42F2N6/c73-69-68(45-29-27-44(43-75)28-30-45)70(74)72(80-63-26-14-10-22-55(63)59-42-49(34-38-67(59)80)47-32-36-65-57(40-47)53-20-8-12-24-61(53)78(65)51-17-5-2-6-18-51)76-71(69)79-62-25-13-9-21-54(62)58-41-48(33-37-66(58)79)46-31-35-64-56(39-46)52-19-7-11-23-60(52)77(64)50-15-3-1-4-16-50/h1-42H. The Hall–Kier alpha value is -10.9. The van der Waals surface area contributed by atoms with Crippen molar-refractivity contribution < 1.29 is 8.78 Å². The molecule has 5 heterocycles. The van der Waals surface area contributed by atoms with Crippen molar-refractivity contribution in [3.8, 4) is 62.5 Å². The highest BCUT2D eigenvalue weighted by atomic mass is 19.1. The first kappa shape index (κ1) is 45.3. The van der Waals surface area contributed by atoms with Crippen molar-refractivity contribution in [2.45, 2.75) is 0 Å². The molecule has 80 heavy (non-hydrogen) atoms. The second kappa shape index (κ2) is 17.6. The van der Waals surface area contributed by atoms with E-state index in [-0.39, 0.29) is 22.8 Å². The summed E-state index contributed by atoms with van der Waals surface area (Å²) in [5, 5.41) is 17.9. The third-order valence-electron chi connectivity index (χ3n) is 16.2. The molecular weight excluding hydrogens is 987 g/mol. The number of halogens is 2. The normalized spacial score (nSPS) is 11.9. The SMILES string of the molecule is N#Cc1ccc(-c2c(F)c(-n3c4ccccc4c4cc(-c5ccc6c(c5)c5ccccc5n6-c5ccccc5)ccc43)nc(-n3c4ccccc4c4cc(-c5ccc6c(c5)c5ccccc5n6-c5ccccc5)ccc43)c2F)cc1. The van der Waals surface area contributed by atoms with Gasteiger partial charge in [-0.2, -0.15) is 5.26 Å². The van der Waals surface area contributed by atoms with Crippen LogP contribution in [-0.2, 0) is 0 Å². The molecule has 0 saturated heterocycles. The lowest BCUT2D eigenvalue weighted by molar-refractivity contribution is 0.569. The lowest BCUT2D eigenvalue weighted by atomic mass is 10.0. The molecule has 0 aliphatic carbocycles. The predicted molar refractivity (Wildman–Crippen MR) is 323 cm³/mol. The molecule has 16 aromatic rings. The fourth-order valence-corrected chi connectivity index (χ4v) is 12.6. The van der Waals surface area contributed by atoms with Gasteiger partial charge in [-0.1, -0.05) is 146 Å². The van der Waals surface area contributed by atoms with E-state index in [0.717, 1.165) is 98.8 Å². The summed E-state index contributed by atoms with van der Waals surface area (Å²) in [4.78, 5) is 5.14. The number of benzene rings is 11. The second-order valence-electron chi connectivity index (χ2n) is 20.5. The monoisotopic (exact) mass is 1030 g/mol. The zero-order valence-corrected chi connectivity index (χ0v) is 42.7. The maximum Gasteiger partial charge on any atom is 0.177 e. The average Bonchev–Trinajstić information content (AvgIpc) is 4.36. The van der Waals surface area contributed by atoms with Crippen LogP contribution in [0.4, 0.5) is 8.78 Å². The first-order valence-corrected chi connectivity index (χ1v) is 26.6. The third kappa shape index (κ3) is 6.71. The summed E-state index contributed by atoms with van der Waals surface area (Å²) in [7, 11) is 0. The fourth-order valence-electron chi connectivity index (χ4n) is 12.6. The van der Waals surface area contributed by atoms with E-state index in [4.69, 9.17) is 4.98 Å². The minimum Gasteiger partial charge on any atom is -0.309 e. The molecule has 8 heteroatoms. The maximum absolute atomic E-state index is 18.2. The van der Waals surface area contributed by atoms with Crippen LogP contribution in [0.1, 0.15) is 5.56 Å². The second-order valence-corrected chi connectivity index (χ2v) is 20.5. The summed E-state index contributed by atoms with van der Waals surface area (Å²) < 4.78 is 44.6. The number of nitrogens with zero attached hydrogens (tertiary/aromatic N) is 6. The van der Waals surface area contributed by atoms with Crippen LogP contribution in [0, 0.1) is 23.0 Å². The number of hydrogen-bond donors (Lipinski definition) is 0. The van der Waals surface area contributed by atoms with E-state index in [2.05, 4.69) is 173 Å². The molecule has 16 rings (SSSR count). The molecule has 6 nitrogen and oxygen atoms in total. The lowest BCUT2D eigenvalue weighted by Crippen LogP contribution is -2.11. The molecule has 0 amide bonds. The molecule has 0 fully saturated rings. The van der Waals surface area contributed by atoms with Crippen molar-refractivity contribution >= 4 is 87.2 Å². The highest BCUT2D eigenvalue weighted by Gasteiger charge is 2.29. The third-order valence-corrected chi connectivity index (χ3v) is 16.2. The molecule has 374 valence electrons. The largest absolute Gasteiger partial charge is 0.309 e. The van der Waals surface area contributed by atoms with Gasteiger partial charge in [-0.25, -0.2) is 13.8 Å². The van der Waals surface area contributed by atoms with Crippen molar-refractivity contribution in [2.75, 3.05) is 0 Å². The molecular formula is C72H42F2N6. The molecule has 0 bridgehead atoms. The molecule has 0 aliphatic rings. The summed E-state index contributed by atoms with van der Waals surface area (Å²) in [6, 6.07) is 88.0. The first-order valence-electron chi connectivity index (χ1n) is 26.6. The Morgan fingerprint density at radius 3 is 0.925 bits per heavy atom. The number of aromatic nitrogens is 5. The average molecular weight is 1030 g/mol. The summed E-state index contributed by atoms with van der Waals surface area (Å²) in [6.07, 6.45) is 0. The van der Waals surface area contributed by atoms with Crippen LogP contribution in [0.3, 0.4) is 0 Å². The zero-order valence-electron chi connectivity index (χ0n) is 42.7. The Morgan fingerprint density at radius 1 is 0.287 bits per heavy atom. The number of fused-ring (bicyclic) bond motifs is 12. The molecule has 5 aromatic heterocycles. The van der Waals surface area contributed by atoms with Gasteiger partial charge in [0.2, 0.25) is 0 Å². The van der Waals surface area contributed by atoms with E-state index in [1.54, 1.807) is 24.3 Å². The number of hydrogen-bond acceptors (Lipinski definition) is 2. The summed E-state index contributed by atoms with van der Waals surface area (Å²) >= 11 is 0. The summed E-state index contributed by atoms with van der Waals surface area (Å²) in [6.45, 7) is 0. The Bertz CT molecular complexity index is 4970. The van der Waals surface area contributed by atoms with Crippen LogP contribution >= 0.6 is 0 Å². The van der Waals surface area contributed by atoms with E-state index in [0.29, 0.717) is 27.6 Å². The number of para-hydroxylation sites is 6. The van der Waals surface area contributed by atoms with Gasteiger partial charge >= 0.3 is 0 Å². The Labute approximate surface area is 456 Å². The molecule has 0 N–H and O–H groups in total. The maximum atomic E-state index is 18.2. The van der Waals surface area contributed by atoms with Crippen molar-refractivity contribution in [3.05, 3.63) is 272 Å². The molecule has 0 atom stereocenters. The van der Waals surface area contributed by atoms with E-state index in [1.165, 1.54) is 0 Å². The molecule has 0 unspecified atom stereocenters. The van der Waals surface area contributed by atoms with Gasteiger partial charge in [0.05, 0.1) is 61.3 Å². The number of rotatable bonds is 7. The highest BCUT2D eigenvalue weighted by molar-refractivity contribution is 6.15. The van der Waals surface area contributed by atoms with Gasteiger partial charge in [0.1, 0.15) is 0 Å². The van der Waals surface area contributed by atoms with Crippen LogP contribution in [0.2, 0.25) is 0 Å². The Morgan fingerprint density at radius 2 is 0.575 bits per heavy atom. The van der Waals surface area contributed by atoms with Crippen LogP contribution in [0.5, 0.6) is 0 Å². The number of pyridine rings is 1. The van der Waals surface area contributed by atoms with E-state index < -0.39 is 11.6 Å². The molecule has 0 saturated carbocycles. The van der Waals surface area contributed by atoms with Crippen molar-refractivity contribution in [3.63, 3.8) is 0 Å². The fraction of sp³-hybridized carbons (Fsp3) is 0. The number of nitriles is 1. The topological polar surface area (TPSA) is 56.4 Å². The van der Waals surface area contributed by atoms with E-state index in [1.807, 2.05) is 81.9 Å². The predicted octanol–water partition coefficient (Wildman–Crippen LogP) is 18.6. The highest BCUT2D eigenvalue weighted by Crippen LogP contribution is 2.43. The molecule has 0 spiro atoms. The van der Waals surface area contributed by atoms with Gasteiger partial charge in [0, 0.05) is 54.5 Å². The Kier molecular flexibility index (Phi) is 9.96. The first-order chi connectivity index (χ1) is 39.5. The van der Waals surface area contributed by atoms with Crippen molar-refractivity contribution in [2.24, 2.45) is 0 Å². The summed E-state index contributed by atoms with van der Waals surface area (Å²) in [5.41, 5.74) is 14.0. The molecule has 11 aromatic carbocycles. The van der Waals surface area contributed by atoms with Crippen LogP contribution < -0.4 is 0 Å². The van der Waals surface area contributed by atoms with Crippen LogP contribution in [0.25, 0.3) is 144 Å². The summed E-state index contributed by atoms with van der Waals surface area (Å²) in [5.74, 6) is -1.76. The van der Waals surface area contributed by atoms with E-state index >= 15 is 8.78 Å². The minimum absolute atomic E-state index is 0.0552. The lowest BCUT2D eigenvalue weighted by Gasteiger charge is -2.17. The van der Waals surface area contributed by atoms with Gasteiger partial charge in [-0.15, -0.1) is 0 Å². The van der Waals surface area contributed by atoms with Gasteiger partial charge in [0.25, 0.3) is 0 Å². The Balaban J connectivity index is 0.889. The van der Waals surface area contributed by atoms with Crippen molar-refractivity contribution in [1.82, 2.24) is 23.3 Å². The van der Waals surface area contributed by atoms with Crippen LogP contribution in [0.15, 0.2) is 255 Å². The molecule has 0 radical (unpaired) electrons. The van der Waals surface area contributed by atoms with Crippen LogP contribution in [-0.4, -0.2) is 23.3 Å². The quantitative estimate of drug-likeness (QED) is 0.160. The van der Waals surface area contributed by atoms with Crippen molar-refractivity contribution in [1.29, 1.82) is 5.26 Å². The van der Waals surface area contributed by atoms with Gasteiger partial charge in [-0.3, -0.25) is 9.13 Å². The zero-order chi connectivity index (χ0) is 53.2. The van der Waals surface area contributed by atoms with Gasteiger partial charge in [-0.05, 0) is 137 Å². The van der Waals surface area contributed by atoms with E-state index in [9.17, 15) is 5.26 Å². The smallest absolute Gasteiger partial charge is 0.177 e. The van der Waals surface area contributed by atoms with Gasteiger partial charge < -0.3 is 9.13 Å². The minimum atomic E-state index is -0.824. The molecule has 0 aliphatic heterocycles. The van der Waals surface area contributed by atoms with Gasteiger partial charge in [0.15, 0.2) is 23.3 Å².